The Morgan fingerprint density at radius 2 is 2.17 bits per heavy atom. The fraction of sp³-hybridized carbons (Fsp3) is 0.471. The number of carbonyl (C=O) groups excluding carboxylic acids is 1. The van der Waals surface area contributed by atoms with Crippen molar-refractivity contribution in [1.29, 1.82) is 0 Å². The number of pyridine rings is 1. The summed E-state index contributed by atoms with van der Waals surface area (Å²) in [6.07, 6.45) is 4.73. The van der Waals surface area contributed by atoms with Crippen molar-refractivity contribution in [3.8, 4) is 0 Å². The number of carbonyl (C=O) groups is 1. The second-order valence-corrected chi connectivity index (χ2v) is 6.77. The summed E-state index contributed by atoms with van der Waals surface area (Å²) in [5, 5.41) is 0. The van der Waals surface area contributed by atoms with E-state index >= 15 is 0 Å². The summed E-state index contributed by atoms with van der Waals surface area (Å²) in [6, 6.07) is 4.42. The van der Waals surface area contributed by atoms with Crippen molar-refractivity contribution >= 4 is 17.2 Å². The normalized spacial score (nSPS) is 17.7. The number of amides is 1. The van der Waals surface area contributed by atoms with Gasteiger partial charge < -0.3 is 4.90 Å². The van der Waals surface area contributed by atoms with Crippen molar-refractivity contribution < 1.29 is 4.79 Å². The molecule has 6 heteroatoms. The van der Waals surface area contributed by atoms with Crippen molar-refractivity contribution in [2.24, 2.45) is 0 Å². The zero-order valence-electron chi connectivity index (χ0n) is 13.6. The Kier molecular flexibility index (Phi) is 5.03. The van der Waals surface area contributed by atoms with E-state index in [1.165, 1.54) is 16.9 Å². The number of hydrogen-bond donors (Lipinski definition) is 0. The number of aryl methyl sites for hydroxylation is 1. The highest BCUT2D eigenvalue weighted by molar-refractivity contribution is 7.11. The molecule has 3 rings (SSSR count). The van der Waals surface area contributed by atoms with Gasteiger partial charge >= 0.3 is 0 Å². The highest BCUT2D eigenvalue weighted by Gasteiger charge is 2.25. The molecular weight excluding hydrogens is 308 g/mol. The van der Waals surface area contributed by atoms with E-state index in [-0.39, 0.29) is 5.91 Å². The van der Waals surface area contributed by atoms with E-state index in [0.29, 0.717) is 6.04 Å². The van der Waals surface area contributed by atoms with Crippen molar-refractivity contribution in [3.63, 3.8) is 0 Å². The Hall–Kier alpha value is -1.79. The van der Waals surface area contributed by atoms with Gasteiger partial charge in [0.1, 0.15) is 4.88 Å². The van der Waals surface area contributed by atoms with Gasteiger partial charge in [-0.15, -0.1) is 11.3 Å². The van der Waals surface area contributed by atoms with Crippen molar-refractivity contribution in [1.82, 2.24) is 19.8 Å². The molecule has 0 aliphatic carbocycles. The molecule has 0 aromatic carbocycles. The van der Waals surface area contributed by atoms with Crippen LogP contribution in [0.15, 0.2) is 30.0 Å². The monoisotopic (exact) mass is 330 g/mol. The summed E-state index contributed by atoms with van der Waals surface area (Å²) in [5.41, 5.74) is 3.81. The van der Waals surface area contributed by atoms with Gasteiger partial charge in [-0.2, -0.15) is 0 Å². The third-order valence-electron chi connectivity index (χ3n) is 4.47. The highest BCUT2D eigenvalue weighted by Crippen LogP contribution is 2.22. The lowest BCUT2D eigenvalue weighted by Gasteiger charge is -2.27. The first kappa shape index (κ1) is 16.1. The first-order valence-corrected chi connectivity index (χ1v) is 8.88. The van der Waals surface area contributed by atoms with Crippen molar-refractivity contribution in [2.45, 2.75) is 26.3 Å². The predicted octanol–water partition coefficient (Wildman–Crippen LogP) is 2.76. The van der Waals surface area contributed by atoms with Gasteiger partial charge in [0.25, 0.3) is 5.91 Å². The molecule has 1 unspecified atom stereocenters. The van der Waals surface area contributed by atoms with Crippen LogP contribution in [0.1, 0.15) is 40.3 Å². The topological polar surface area (TPSA) is 49.3 Å². The van der Waals surface area contributed by atoms with Crippen LogP contribution in [-0.2, 0) is 0 Å². The van der Waals surface area contributed by atoms with Crippen LogP contribution in [0.5, 0.6) is 0 Å². The summed E-state index contributed by atoms with van der Waals surface area (Å²) < 4.78 is 0. The highest BCUT2D eigenvalue weighted by atomic mass is 32.1. The van der Waals surface area contributed by atoms with Gasteiger partial charge in [-0.1, -0.05) is 6.07 Å². The zero-order chi connectivity index (χ0) is 16.2. The molecule has 0 radical (unpaired) electrons. The Bertz CT molecular complexity index is 658. The maximum atomic E-state index is 12.6. The summed E-state index contributed by atoms with van der Waals surface area (Å²) >= 11 is 1.44. The van der Waals surface area contributed by atoms with Crippen LogP contribution in [0.4, 0.5) is 0 Å². The second-order valence-electron chi connectivity index (χ2n) is 5.91. The van der Waals surface area contributed by atoms with Crippen LogP contribution >= 0.6 is 11.3 Å². The number of rotatable bonds is 3. The molecule has 1 aliphatic heterocycles. The van der Waals surface area contributed by atoms with E-state index in [4.69, 9.17) is 0 Å². The summed E-state index contributed by atoms with van der Waals surface area (Å²) in [4.78, 5) is 26.2. The van der Waals surface area contributed by atoms with E-state index in [1.54, 1.807) is 11.7 Å². The number of hydrogen-bond acceptors (Lipinski definition) is 5. The van der Waals surface area contributed by atoms with Gasteiger partial charge in [0.05, 0.1) is 11.2 Å². The molecule has 1 aliphatic rings. The lowest BCUT2D eigenvalue weighted by atomic mass is 10.1. The van der Waals surface area contributed by atoms with E-state index in [1.807, 2.05) is 24.1 Å². The lowest BCUT2D eigenvalue weighted by Crippen LogP contribution is -2.35. The molecule has 1 amide bonds. The fourth-order valence-corrected chi connectivity index (χ4v) is 3.78. The standard InChI is InChI=1S/C17H22N4OS/c1-13-16(23-12-19-13)17(22)21-8-4-7-20(9-10-21)14(2)15-5-3-6-18-11-15/h3,5-6,11-12,14H,4,7-10H2,1-2H3. The Balaban J connectivity index is 1.65. The molecule has 2 aromatic rings. The van der Waals surface area contributed by atoms with Gasteiger partial charge in [0.15, 0.2) is 0 Å². The number of nitrogens with zero attached hydrogens (tertiary/aromatic N) is 4. The quantitative estimate of drug-likeness (QED) is 0.868. The maximum Gasteiger partial charge on any atom is 0.265 e. The lowest BCUT2D eigenvalue weighted by molar-refractivity contribution is 0.0762. The molecule has 2 aromatic heterocycles. The Morgan fingerprint density at radius 3 is 2.87 bits per heavy atom. The van der Waals surface area contributed by atoms with E-state index in [2.05, 4.69) is 27.9 Å². The van der Waals surface area contributed by atoms with Crippen molar-refractivity contribution in [2.75, 3.05) is 26.2 Å². The Morgan fingerprint density at radius 1 is 1.30 bits per heavy atom. The molecule has 1 fully saturated rings. The summed E-state index contributed by atoms with van der Waals surface area (Å²) in [7, 11) is 0. The van der Waals surface area contributed by atoms with E-state index in [9.17, 15) is 4.79 Å². The maximum absolute atomic E-state index is 12.6. The SMILES string of the molecule is Cc1ncsc1C(=O)N1CCCN(C(C)c2cccnc2)CC1. The second kappa shape index (κ2) is 7.19. The van der Waals surface area contributed by atoms with Crippen LogP contribution in [0.3, 0.4) is 0 Å². The fourth-order valence-electron chi connectivity index (χ4n) is 3.01. The van der Waals surface area contributed by atoms with Crippen LogP contribution in [-0.4, -0.2) is 51.9 Å². The van der Waals surface area contributed by atoms with E-state index < -0.39 is 0 Å². The molecule has 0 bridgehead atoms. The minimum absolute atomic E-state index is 0.126. The molecule has 1 atom stereocenters. The predicted molar refractivity (Wildman–Crippen MR) is 91.6 cm³/mol. The molecule has 5 nitrogen and oxygen atoms in total. The largest absolute Gasteiger partial charge is 0.337 e. The third-order valence-corrected chi connectivity index (χ3v) is 5.39. The third kappa shape index (κ3) is 3.59. The molecule has 3 heterocycles. The van der Waals surface area contributed by atoms with Crippen molar-refractivity contribution in [3.05, 3.63) is 46.2 Å². The molecule has 0 N–H and O–H groups in total. The van der Waals surface area contributed by atoms with Gasteiger partial charge in [0, 0.05) is 44.6 Å². The average Bonchev–Trinajstić information content (AvgIpc) is 2.86. The molecule has 1 saturated heterocycles. The van der Waals surface area contributed by atoms with Crippen LogP contribution in [0.25, 0.3) is 0 Å². The molecule has 0 spiro atoms. The van der Waals surface area contributed by atoms with Crippen LogP contribution in [0, 0.1) is 6.92 Å². The molecule has 0 saturated carbocycles. The minimum Gasteiger partial charge on any atom is -0.337 e. The Labute approximate surface area is 141 Å². The molecule has 122 valence electrons. The van der Waals surface area contributed by atoms with Crippen LogP contribution < -0.4 is 0 Å². The summed E-state index contributed by atoms with van der Waals surface area (Å²) in [5.74, 6) is 0.126. The molecule has 23 heavy (non-hydrogen) atoms. The van der Waals surface area contributed by atoms with E-state index in [0.717, 1.165) is 43.2 Å². The number of thiazole rings is 1. The van der Waals surface area contributed by atoms with Crippen LogP contribution in [0.2, 0.25) is 0 Å². The zero-order valence-corrected chi connectivity index (χ0v) is 14.4. The van der Waals surface area contributed by atoms with Gasteiger partial charge in [0.2, 0.25) is 0 Å². The first-order chi connectivity index (χ1) is 11.2. The smallest absolute Gasteiger partial charge is 0.265 e. The van der Waals surface area contributed by atoms with Gasteiger partial charge in [-0.25, -0.2) is 4.98 Å². The summed E-state index contributed by atoms with van der Waals surface area (Å²) in [6.45, 7) is 7.58. The van der Waals surface area contributed by atoms with Gasteiger partial charge in [-0.3, -0.25) is 14.7 Å². The van der Waals surface area contributed by atoms with Gasteiger partial charge in [-0.05, 0) is 31.9 Å². The number of aromatic nitrogens is 2. The first-order valence-electron chi connectivity index (χ1n) is 8.00. The molecular formula is C17H22N4OS. The average molecular weight is 330 g/mol. The minimum atomic E-state index is 0.126.